The molecule has 0 aliphatic rings. The first-order valence-corrected chi connectivity index (χ1v) is 5.43. The summed E-state index contributed by atoms with van der Waals surface area (Å²) in [5.41, 5.74) is 11.5. The van der Waals surface area contributed by atoms with E-state index >= 15 is 0 Å². The van der Waals surface area contributed by atoms with Gasteiger partial charge in [0.25, 0.3) is 0 Å². The highest BCUT2D eigenvalue weighted by Gasteiger charge is 2.07. The second-order valence-corrected chi connectivity index (χ2v) is 3.98. The Labute approximate surface area is 108 Å². The van der Waals surface area contributed by atoms with Crippen LogP contribution < -0.4 is 16.2 Å². The summed E-state index contributed by atoms with van der Waals surface area (Å²) in [4.78, 5) is 15.0. The van der Waals surface area contributed by atoms with Crippen molar-refractivity contribution in [2.24, 2.45) is 5.73 Å². The van der Waals surface area contributed by atoms with Crippen molar-refractivity contribution >= 4 is 23.2 Å². The van der Waals surface area contributed by atoms with E-state index in [4.69, 9.17) is 27.8 Å². The predicted octanol–water partition coefficient (Wildman–Crippen LogP) is 2.21. The summed E-state index contributed by atoms with van der Waals surface area (Å²) in [5, 5.41) is 0.422. The highest BCUT2D eigenvalue weighted by Crippen LogP contribution is 2.27. The lowest BCUT2D eigenvalue weighted by atomic mass is 10.2. The number of primary amides is 1. The largest absolute Gasteiger partial charge is 0.437 e. The Morgan fingerprint density at radius 2 is 2.11 bits per heavy atom. The fourth-order valence-corrected chi connectivity index (χ4v) is 1.52. The molecule has 1 aromatic heterocycles. The van der Waals surface area contributed by atoms with Crippen LogP contribution in [0.4, 0.5) is 5.69 Å². The van der Waals surface area contributed by atoms with E-state index < -0.39 is 5.91 Å². The van der Waals surface area contributed by atoms with Gasteiger partial charge < -0.3 is 16.2 Å². The van der Waals surface area contributed by atoms with Crippen molar-refractivity contribution < 1.29 is 9.53 Å². The molecule has 0 saturated heterocycles. The average molecular weight is 264 g/mol. The molecular formula is C12H10ClN3O2. The van der Waals surface area contributed by atoms with Gasteiger partial charge in [-0.2, -0.15) is 0 Å². The van der Waals surface area contributed by atoms with E-state index in [-0.39, 0.29) is 5.88 Å². The molecule has 0 saturated carbocycles. The van der Waals surface area contributed by atoms with Gasteiger partial charge in [0.15, 0.2) is 0 Å². The first-order valence-electron chi connectivity index (χ1n) is 5.05. The van der Waals surface area contributed by atoms with Crippen molar-refractivity contribution in [3.8, 4) is 11.6 Å². The number of nitrogen functional groups attached to an aromatic ring is 1. The fraction of sp³-hybridized carbons (Fsp3) is 0. The molecule has 0 radical (unpaired) electrons. The van der Waals surface area contributed by atoms with Crippen molar-refractivity contribution in [3.63, 3.8) is 0 Å². The number of halogens is 1. The van der Waals surface area contributed by atoms with Crippen molar-refractivity contribution in [1.82, 2.24) is 4.98 Å². The van der Waals surface area contributed by atoms with Crippen LogP contribution in [0.25, 0.3) is 0 Å². The summed E-state index contributed by atoms with van der Waals surface area (Å²) in [6, 6.07) is 7.96. The maximum Gasteiger partial charge on any atom is 0.248 e. The summed E-state index contributed by atoms with van der Waals surface area (Å²) >= 11 is 5.73. The zero-order valence-corrected chi connectivity index (χ0v) is 10.0. The number of rotatable bonds is 3. The Morgan fingerprint density at radius 1 is 1.33 bits per heavy atom. The van der Waals surface area contributed by atoms with Gasteiger partial charge in [0.2, 0.25) is 11.8 Å². The number of anilines is 1. The van der Waals surface area contributed by atoms with Gasteiger partial charge in [-0.1, -0.05) is 17.7 Å². The van der Waals surface area contributed by atoms with Crippen LogP contribution in [0.5, 0.6) is 11.6 Å². The topological polar surface area (TPSA) is 91.2 Å². The lowest BCUT2D eigenvalue weighted by molar-refractivity contribution is 0.1000. The van der Waals surface area contributed by atoms with E-state index in [1.54, 1.807) is 18.2 Å². The molecule has 1 heterocycles. The average Bonchev–Trinajstić information content (AvgIpc) is 2.33. The molecule has 2 aromatic rings. The Balaban J connectivity index is 2.28. The number of nitrogens with zero attached hydrogens (tertiary/aromatic N) is 1. The molecule has 92 valence electrons. The standard InChI is InChI=1S/C12H10ClN3O2/c13-8-5-10(14)12(16-6-8)18-9-3-1-2-7(4-9)11(15)17/h1-6H,14H2,(H2,15,17). The minimum Gasteiger partial charge on any atom is -0.437 e. The number of benzene rings is 1. The Kier molecular flexibility index (Phi) is 3.34. The number of carbonyl (C=O) groups is 1. The second kappa shape index (κ2) is 4.93. The maximum atomic E-state index is 11.0. The van der Waals surface area contributed by atoms with Crippen molar-refractivity contribution in [3.05, 3.63) is 47.1 Å². The number of amides is 1. The van der Waals surface area contributed by atoms with Gasteiger partial charge in [0, 0.05) is 11.8 Å². The zero-order valence-electron chi connectivity index (χ0n) is 9.26. The third-order valence-electron chi connectivity index (χ3n) is 2.18. The van der Waals surface area contributed by atoms with Crippen LogP contribution in [0.3, 0.4) is 0 Å². The van der Waals surface area contributed by atoms with Crippen LogP contribution in [0.1, 0.15) is 10.4 Å². The molecule has 0 aliphatic heterocycles. The van der Waals surface area contributed by atoms with E-state index in [1.807, 2.05) is 0 Å². The molecule has 1 amide bonds. The Hall–Kier alpha value is -2.27. The molecule has 0 aliphatic carbocycles. The molecule has 0 spiro atoms. The first-order chi connectivity index (χ1) is 8.56. The minimum atomic E-state index is -0.530. The Morgan fingerprint density at radius 3 is 2.78 bits per heavy atom. The summed E-state index contributed by atoms with van der Waals surface area (Å²) in [5.74, 6) is 0.117. The van der Waals surface area contributed by atoms with Gasteiger partial charge in [-0.3, -0.25) is 4.79 Å². The number of carbonyl (C=O) groups excluding carboxylic acids is 1. The summed E-state index contributed by atoms with van der Waals surface area (Å²) < 4.78 is 5.45. The van der Waals surface area contributed by atoms with Crippen molar-refractivity contribution in [2.45, 2.75) is 0 Å². The van der Waals surface area contributed by atoms with E-state index in [2.05, 4.69) is 4.98 Å². The number of ether oxygens (including phenoxy) is 1. The molecule has 5 nitrogen and oxygen atoms in total. The van der Waals surface area contributed by atoms with Gasteiger partial charge in [-0.15, -0.1) is 0 Å². The van der Waals surface area contributed by atoms with Gasteiger partial charge in [-0.05, 0) is 24.3 Å². The summed E-state index contributed by atoms with van der Waals surface area (Å²) in [6.07, 6.45) is 1.42. The van der Waals surface area contributed by atoms with Crippen molar-refractivity contribution in [2.75, 3.05) is 5.73 Å². The van der Waals surface area contributed by atoms with E-state index in [0.29, 0.717) is 22.0 Å². The van der Waals surface area contributed by atoms with Gasteiger partial charge in [0.1, 0.15) is 5.75 Å². The quantitative estimate of drug-likeness (QED) is 0.888. The predicted molar refractivity (Wildman–Crippen MR) is 68.7 cm³/mol. The number of aromatic nitrogens is 1. The minimum absolute atomic E-state index is 0.223. The fourth-order valence-electron chi connectivity index (χ4n) is 1.35. The van der Waals surface area contributed by atoms with Gasteiger partial charge in [0.05, 0.1) is 10.7 Å². The molecule has 0 bridgehead atoms. The number of hydrogen-bond acceptors (Lipinski definition) is 4. The molecule has 6 heteroatoms. The smallest absolute Gasteiger partial charge is 0.248 e. The third kappa shape index (κ3) is 2.70. The number of pyridine rings is 1. The van der Waals surface area contributed by atoms with Gasteiger partial charge >= 0.3 is 0 Å². The van der Waals surface area contributed by atoms with Crippen LogP contribution in [0.15, 0.2) is 36.5 Å². The SMILES string of the molecule is NC(=O)c1cccc(Oc2ncc(Cl)cc2N)c1. The van der Waals surface area contributed by atoms with Gasteiger partial charge in [-0.25, -0.2) is 4.98 Å². The monoisotopic (exact) mass is 263 g/mol. The zero-order chi connectivity index (χ0) is 13.1. The number of hydrogen-bond donors (Lipinski definition) is 2. The lowest BCUT2D eigenvalue weighted by Crippen LogP contribution is -2.10. The van der Waals surface area contributed by atoms with Crippen LogP contribution in [-0.4, -0.2) is 10.9 Å². The van der Waals surface area contributed by atoms with Crippen LogP contribution >= 0.6 is 11.6 Å². The van der Waals surface area contributed by atoms with Crippen LogP contribution in [0, 0.1) is 0 Å². The molecule has 0 unspecified atom stereocenters. The van der Waals surface area contributed by atoms with E-state index in [9.17, 15) is 4.79 Å². The van der Waals surface area contributed by atoms with E-state index in [0.717, 1.165) is 0 Å². The van der Waals surface area contributed by atoms with E-state index in [1.165, 1.54) is 18.3 Å². The Bertz CT molecular complexity index is 602. The first kappa shape index (κ1) is 12.2. The summed E-state index contributed by atoms with van der Waals surface area (Å²) in [6.45, 7) is 0. The second-order valence-electron chi connectivity index (χ2n) is 3.54. The third-order valence-corrected chi connectivity index (χ3v) is 2.39. The molecule has 0 atom stereocenters. The molecular weight excluding hydrogens is 254 g/mol. The molecule has 4 N–H and O–H groups in total. The van der Waals surface area contributed by atoms with Crippen molar-refractivity contribution in [1.29, 1.82) is 0 Å². The number of nitrogens with two attached hydrogens (primary N) is 2. The molecule has 1 aromatic carbocycles. The maximum absolute atomic E-state index is 11.0. The highest BCUT2D eigenvalue weighted by molar-refractivity contribution is 6.30. The molecule has 0 fully saturated rings. The highest BCUT2D eigenvalue weighted by atomic mass is 35.5. The van der Waals surface area contributed by atoms with Crippen LogP contribution in [0.2, 0.25) is 5.02 Å². The normalized spacial score (nSPS) is 10.1. The molecule has 18 heavy (non-hydrogen) atoms. The molecule has 2 rings (SSSR count). The lowest BCUT2D eigenvalue weighted by Gasteiger charge is -2.07. The summed E-state index contributed by atoms with van der Waals surface area (Å²) in [7, 11) is 0. The van der Waals surface area contributed by atoms with Crippen LogP contribution in [-0.2, 0) is 0 Å².